The average molecular weight is 377 g/mol. The molecule has 3 heterocycles. The van der Waals surface area contributed by atoms with Gasteiger partial charge in [-0.15, -0.1) is 0 Å². The number of carbonyl (C=O) groups excluding carboxylic acids is 1. The Labute approximate surface area is 163 Å². The lowest BCUT2D eigenvalue weighted by molar-refractivity contribution is -0.133. The monoisotopic (exact) mass is 377 g/mol. The second-order valence-corrected chi connectivity index (χ2v) is 7.26. The van der Waals surface area contributed by atoms with Crippen LogP contribution in [0.3, 0.4) is 0 Å². The lowest BCUT2D eigenvalue weighted by atomic mass is 9.97. The van der Waals surface area contributed by atoms with Crippen molar-refractivity contribution in [1.82, 2.24) is 24.6 Å². The number of aromatic amines is 1. The van der Waals surface area contributed by atoms with E-state index in [0.717, 1.165) is 29.8 Å². The highest BCUT2D eigenvalue weighted by atomic mass is 16.2. The van der Waals surface area contributed by atoms with Gasteiger partial charge < -0.3 is 9.47 Å². The Hall–Kier alpha value is -3.22. The van der Waals surface area contributed by atoms with Crippen molar-refractivity contribution in [2.24, 2.45) is 0 Å². The molecule has 0 spiro atoms. The summed E-state index contributed by atoms with van der Waals surface area (Å²) in [5.74, 6) is 1.56. The van der Waals surface area contributed by atoms with Crippen molar-refractivity contribution in [3.8, 4) is 11.4 Å². The predicted octanol–water partition coefficient (Wildman–Crippen LogP) is 2.35. The zero-order chi connectivity index (χ0) is 19.5. The number of piperidine rings is 1. The topological polar surface area (TPSA) is 83.9 Å². The second-order valence-electron chi connectivity index (χ2n) is 7.26. The van der Waals surface area contributed by atoms with Crippen molar-refractivity contribution in [2.75, 3.05) is 13.1 Å². The molecule has 0 saturated carbocycles. The molecule has 0 bridgehead atoms. The van der Waals surface area contributed by atoms with Gasteiger partial charge in [-0.05, 0) is 31.4 Å². The summed E-state index contributed by atoms with van der Waals surface area (Å²) < 4.78 is 1.46. The molecular weight excluding hydrogens is 354 g/mol. The Morgan fingerprint density at radius 1 is 1.25 bits per heavy atom. The molecule has 1 N–H and O–H groups in total. The number of aryl methyl sites for hydroxylation is 1. The SMILES string of the molecule is Cc1ccn(CC(=O)N2CCCC(c3nc(-c4ccccc4)n[nH]3)C2)c(=O)c1. The van der Waals surface area contributed by atoms with Crippen molar-refractivity contribution in [3.63, 3.8) is 0 Å². The minimum Gasteiger partial charge on any atom is -0.340 e. The summed E-state index contributed by atoms with van der Waals surface area (Å²) in [6.07, 6.45) is 3.54. The number of nitrogens with one attached hydrogen (secondary N) is 1. The number of aromatic nitrogens is 4. The molecule has 1 fully saturated rings. The summed E-state index contributed by atoms with van der Waals surface area (Å²) in [6.45, 7) is 3.22. The summed E-state index contributed by atoms with van der Waals surface area (Å²) >= 11 is 0. The molecule has 144 valence electrons. The van der Waals surface area contributed by atoms with E-state index >= 15 is 0 Å². The second kappa shape index (κ2) is 7.80. The molecule has 0 aliphatic carbocycles. The maximum Gasteiger partial charge on any atom is 0.251 e. The van der Waals surface area contributed by atoms with Crippen molar-refractivity contribution in [2.45, 2.75) is 32.2 Å². The smallest absolute Gasteiger partial charge is 0.251 e. The number of carbonyl (C=O) groups is 1. The first-order valence-electron chi connectivity index (χ1n) is 9.53. The summed E-state index contributed by atoms with van der Waals surface area (Å²) in [6, 6.07) is 13.2. The molecule has 7 nitrogen and oxygen atoms in total. The van der Waals surface area contributed by atoms with Gasteiger partial charge in [0.05, 0.1) is 0 Å². The molecule has 3 aromatic rings. The van der Waals surface area contributed by atoms with Gasteiger partial charge in [0.2, 0.25) is 5.91 Å². The van der Waals surface area contributed by atoms with Crippen molar-refractivity contribution in [1.29, 1.82) is 0 Å². The molecule has 2 aromatic heterocycles. The zero-order valence-electron chi connectivity index (χ0n) is 15.8. The lowest BCUT2D eigenvalue weighted by Crippen LogP contribution is -2.42. The fraction of sp³-hybridized carbons (Fsp3) is 0.333. The van der Waals surface area contributed by atoms with Crippen LogP contribution in [0, 0.1) is 6.92 Å². The van der Waals surface area contributed by atoms with Crippen LogP contribution in [0.5, 0.6) is 0 Å². The van der Waals surface area contributed by atoms with E-state index in [-0.39, 0.29) is 23.9 Å². The van der Waals surface area contributed by atoms with Gasteiger partial charge in [0, 0.05) is 36.8 Å². The van der Waals surface area contributed by atoms with Gasteiger partial charge in [-0.1, -0.05) is 30.3 Å². The largest absolute Gasteiger partial charge is 0.340 e. The molecule has 0 radical (unpaired) electrons. The number of hydrogen-bond acceptors (Lipinski definition) is 4. The number of hydrogen-bond donors (Lipinski definition) is 1. The van der Waals surface area contributed by atoms with E-state index < -0.39 is 0 Å². The van der Waals surface area contributed by atoms with Gasteiger partial charge >= 0.3 is 0 Å². The molecule has 7 heteroatoms. The highest BCUT2D eigenvalue weighted by molar-refractivity contribution is 5.76. The van der Waals surface area contributed by atoms with Gasteiger partial charge in [0.25, 0.3) is 5.56 Å². The van der Waals surface area contributed by atoms with Crippen LogP contribution in [-0.4, -0.2) is 43.6 Å². The molecule has 1 atom stereocenters. The summed E-state index contributed by atoms with van der Waals surface area (Å²) in [5.41, 5.74) is 1.71. The van der Waals surface area contributed by atoms with Crippen LogP contribution in [-0.2, 0) is 11.3 Å². The standard InChI is InChI=1S/C21H23N5O2/c1-15-9-11-26(18(27)12-15)14-19(28)25-10-5-8-17(13-25)21-22-20(23-24-21)16-6-3-2-4-7-16/h2-4,6-7,9,11-12,17H,5,8,10,13-14H2,1H3,(H,22,23,24). The number of amides is 1. The van der Waals surface area contributed by atoms with E-state index in [0.29, 0.717) is 18.9 Å². The van der Waals surface area contributed by atoms with E-state index in [2.05, 4.69) is 15.2 Å². The highest BCUT2D eigenvalue weighted by Gasteiger charge is 2.27. The van der Waals surface area contributed by atoms with Gasteiger partial charge in [-0.25, -0.2) is 4.98 Å². The Kier molecular flexibility index (Phi) is 5.06. The molecule has 1 aliphatic heterocycles. The number of pyridine rings is 1. The van der Waals surface area contributed by atoms with Crippen LogP contribution in [0.25, 0.3) is 11.4 Å². The summed E-state index contributed by atoms with van der Waals surface area (Å²) in [7, 11) is 0. The minimum absolute atomic E-state index is 0.0431. The highest BCUT2D eigenvalue weighted by Crippen LogP contribution is 2.26. The number of rotatable bonds is 4. The normalized spacial score (nSPS) is 16.9. The third-order valence-corrected chi connectivity index (χ3v) is 5.15. The van der Waals surface area contributed by atoms with E-state index in [4.69, 9.17) is 0 Å². The van der Waals surface area contributed by atoms with Gasteiger partial charge in [-0.2, -0.15) is 5.10 Å². The van der Waals surface area contributed by atoms with Crippen molar-refractivity contribution >= 4 is 5.91 Å². The lowest BCUT2D eigenvalue weighted by Gasteiger charge is -2.31. The Morgan fingerprint density at radius 3 is 2.86 bits per heavy atom. The molecular formula is C21H23N5O2. The summed E-state index contributed by atoms with van der Waals surface area (Å²) in [5, 5.41) is 7.38. The number of nitrogens with zero attached hydrogens (tertiary/aromatic N) is 4. The molecule has 1 saturated heterocycles. The van der Waals surface area contributed by atoms with E-state index in [1.165, 1.54) is 4.57 Å². The predicted molar refractivity (Wildman–Crippen MR) is 106 cm³/mol. The van der Waals surface area contributed by atoms with Crippen LogP contribution in [0.15, 0.2) is 53.5 Å². The van der Waals surface area contributed by atoms with Crippen molar-refractivity contribution in [3.05, 3.63) is 70.4 Å². The Morgan fingerprint density at radius 2 is 2.07 bits per heavy atom. The van der Waals surface area contributed by atoms with Crippen LogP contribution in [0.4, 0.5) is 0 Å². The fourth-order valence-electron chi connectivity index (χ4n) is 3.58. The molecule has 28 heavy (non-hydrogen) atoms. The van der Waals surface area contributed by atoms with Gasteiger partial charge in [0.1, 0.15) is 12.4 Å². The molecule has 1 aromatic carbocycles. The minimum atomic E-state index is -0.148. The quantitative estimate of drug-likeness (QED) is 0.756. The van der Waals surface area contributed by atoms with E-state index in [1.807, 2.05) is 48.2 Å². The van der Waals surface area contributed by atoms with Crippen LogP contribution in [0.2, 0.25) is 0 Å². The summed E-state index contributed by atoms with van der Waals surface area (Å²) in [4.78, 5) is 31.2. The van der Waals surface area contributed by atoms with E-state index in [9.17, 15) is 9.59 Å². The van der Waals surface area contributed by atoms with Crippen LogP contribution >= 0.6 is 0 Å². The number of benzene rings is 1. The zero-order valence-corrected chi connectivity index (χ0v) is 15.8. The first-order valence-corrected chi connectivity index (χ1v) is 9.53. The number of H-pyrrole nitrogens is 1. The fourth-order valence-corrected chi connectivity index (χ4v) is 3.58. The Balaban J connectivity index is 1.45. The molecule has 4 rings (SSSR count). The molecule has 1 aliphatic rings. The third kappa shape index (κ3) is 3.88. The average Bonchev–Trinajstić information content (AvgIpc) is 3.21. The maximum absolute atomic E-state index is 12.7. The molecule has 1 amide bonds. The van der Waals surface area contributed by atoms with Crippen molar-refractivity contribution < 1.29 is 4.79 Å². The van der Waals surface area contributed by atoms with E-state index in [1.54, 1.807) is 12.3 Å². The first kappa shape index (κ1) is 18.2. The van der Waals surface area contributed by atoms with Crippen LogP contribution in [0.1, 0.15) is 30.1 Å². The molecule has 1 unspecified atom stereocenters. The van der Waals surface area contributed by atoms with Gasteiger partial charge in [0.15, 0.2) is 5.82 Å². The third-order valence-electron chi connectivity index (χ3n) is 5.15. The Bertz CT molecular complexity index is 1020. The van der Waals surface area contributed by atoms with Crippen LogP contribution < -0.4 is 5.56 Å². The van der Waals surface area contributed by atoms with Gasteiger partial charge in [-0.3, -0.25) is 14.7 Å². The maximum atomic E-state index is 12.7. The number of likely N-dealkylation sites (tertiary alicyclic amines) is 1. The first-order chi connectivity index (χ1) is 13.6.